The average molecular weight is 643 g/mol. The minimum Gasteiger partial charge on any atom is -0.464 e. The van der Waals surface area contributed by atoms with Gasteiger partial charge in [0.25, 0.3) is 0 Å². The van der Waals surface area contributed by atoms with E-state index in [1.54, 1.807) is 0 Å². The van der Waals surface area contributed by atoms with Crippen molar-refractivity contribution < 1.29 is 8.83 Å². The van der Waals surface area contributed by atoms with Crippen molar-refractivity contribution in [3.8, 4) is 33.4 Å². The van der Waals surface area contributed by atoms with Crippen molar-refractivity contribution in [2.45, 2.75) is 0 Å². The molecule has 3 heteroatoms. The van der Waals surface area contributed by atoms with Crippen LogP contribution in [0.5, 0.6) is 0 Å². The number of thiophene rings is 1. The Kier molecular flexibility index (Phi) is 5.57. The third-order valence-corrected chi connectivity index (χ3v) is 11.3. The topological polar surface area (TPSA) is 26.3 Å². The lowest BCUT2D eigenvalue weighted by atomic mass is 9.85. The molecule has 0 atom stereocenters. The Morgan fingerprint density at radius 2 is 0.939 bits per heavy atom. The average Bonchev–Trinajstić information content (AvgIpc) is 3.85. The normalized spacial score (nSPS) is 12.1. The van der Waals surface area contributed by atoms with E-state index in [9.17, 15) is 0 Å². The largest absolute Gasteiger partial charge is 0.464 e. The van der Waals surface area contributed by atoms with Crippen LogP contribution in [0.15, 0.2) is 167 Å². The molecule has 3 heterocycles. The van der Waals surface area contributed by atoms with Crippen LogP contribution in [-0.2, 0) is 0 Å². The van der Waals surface area contributed by atoms with Crippen molar-refractivity contribution in [2.24, 2.45) is 0 Å². The molecule has 11 rings (SSSR count). The quantitative estimate of drug-likeness (QED) is 0.179. The molecule has 0 saturated carbocycles. The van der Waals surface area contributed by atoms with Gasteiger partial charge in [0, 0.05) is 47.5 Å². The lowest BCUT2D eigenvalue weighted by molar-refractivity contribution is 0.617. The molecule has 0 fully saturated rings. The van der Waals surface area contributed by atoms with Gasteiger partial charge in [0.05, 0.1) is 6.26 Å². The summed E-state index contributed by atoms with van der Waals surface area (Å²) in [5.74, 6) is 0. The molecule has 11 aromatic rings. The van der Waals surface area contributed by atoms with Crippen LogP contribution in [-0.4, -0.2) is 0 Å². The first-order chi connectivity index (χ1) is 24.3. The standard InChI is InChI=1S/C46H26O2S/c1-3-13-34-32(11-1)45(33-12-2-4-14-35(33)46(34)39-26-47-40-15-7-5-9-30(39)40)28-19-17-27(18-20-28)29-21-22-41-36(23-29)37-25-44-38(24-42(37)48-41)31-10-6-8-16-43(31)49-44/h1-26H. The van der Waals surface area contributed by atoms with Gasteiger partial charge in [-0.1, -0.05) is 115 Å². The van der Waals surface area contributed by atoms with Gasteiger partial charge in [-0.25, -0.2) is 0 Å². The molecule has 0 aliphatic heterocycles. The van der Waals surface area contributed by atoms with Gasteiger partial charge in [-0.2, -0.15) is 0 Å². The maximum atomic E-state index is 6.39. The van der Waals surface area contributed by atoms with Crippen LogP contribution in [0.1, 0.15) is 0 Å². The van der Waals surface area contributed by atoms with Crippen LogP contribution in [0.25, 0.3) is 108 Å². The van der Waals surface area contributed by atoms with Crippen molar-refractivity contribution in [1.82, 2.24) is 0 Å². The van der Waals surface area contributed by atoms with Crippen molar-refractivity contribution in [2.75, 3.05) is 0 Å². The van der Waals surface area contributed by atoms with Gasteiger partial charge in [0.15, 0.2) is 0 Å². The molecule has 0 radical (unpaired) electrons. The van der Waals surface area contributed by atoms with Gasteiger partial charge in [-0.15, -0.1) is 11.3 Å². The monoisotopic (exact) mass is 642 g/mol. The highest BCUT2D eigenvalue weighted by Gasteiger charge is 2.19. The summed E-state index contributed by atoms with van der Waals surface area (Å²) in [5, 5.41) is 10.9. The fourth-order valence-electron chi connectivity index (χ4n) is 7.90. The Labute approximate surface area is 285 Å². The number of para-hydroxylation sites is 1. The maximum absolute atomic E-state index is 6.39. The van der Waals surface area contributed by atoms with E-state index in [0.29, 0.717) is 0 Å². The number of fused-ring (bicyclic) bond motifs is 9. The first-order valence-corrected chi connectivity index (χ1v) is 17.4. The molecular formula is C46H26O2S. The first-order valence-electron chi connectivity index (χ1n) is 16.6. The Hall–Kier alpha value is -6.16. The molecule has 0 amide bonds. The van der Waals surface area contributed by atoms with Crippen LogP contribution in [0, 0.1) is 0 Å². The van der Waals surface area contributed by atoms with E-state index in [2.05, 4.69) is 140 Å². The number of rotatable bonds is 3. The summed E-state index contributed by atoms with van der Waals surface area (Å²) < 4.78 is 15.0. The van der Waals surface area contributed by atoms with E-state index in [1.165, 1.54) is 69.5 Å². The van der Waals surface area contributed by atoms with Crippen LogP contribution in [0.2, 0.25) is 0 Å². The summed E-state index contributed by atoms with van der Waals surface area (Å²) in [6.45, 7) is 0. The van der Waals surface area contributed by atoms with Crippen molar-refractivity contribution in [3.63, 3.8) is 0 Å². The van der Waals surface area contributed by atoms with E-state index in [1.807, 2.05) is 29.7 Å². The molecule has 0 bridgehead atoms. The molecular weight excluding hydrogens is 617 g/mol. The SMILES string of the molecule is c1ccc2c(-c3c4ccccc4c(-c4ccc(-c5ccc6oc7cc8c(cc7c6c5)sc5ccccc58)cc4)c4ccccc34)coc2c1. The maximum Gasteiger partial charge on any atom is 0.136 e. The van der Waals surface area contributed by atoms with Gasteiger partial charge in [0.2, 0.25) is 0 Å². The first kappa shape index (κ1) is 26.9. The summed E-state index contributed by atoms with van der Waals surface area (Å²) in [6.07, 6.45) is 1.92. The van der Waals surface area contributed by atoms with Crippen molar-refractivity contribution >= 4 is 86.0 Å². The molecule has 0 N–H and O–H groups in total. The summed E-state index contributed by atoms with van der Waals surface area (Å²) >= 11 is 1.84. The number of furan rings is 2. The Morgan fingerprint density at radius 3 is 1.69 bits per heavy atom. The van der Waals surface area contributed by atoms with E-state index >= 15 is 0 Å². The van der Waals surface area contributed by atoms with E-state index in [-0.39, 0.29) is 0 Å². The smallest absolute Gasteiger partial charge is 0.136 e. The lowest BCUT2D eigenvalue weighted by Crippen LogP contribution is -1.90. The van der Waals surface area contributed by atoms with Gasteiger partial charge < -0.3 is 8.83 Å². The Balaban J connectivity index is 1.06. The predicted octanol–water partition coefficient (Wildman–Crippen LogP) is 14.0. The van der Waals surface area contributed by atoms with Crippen LogP contribution >= 0.6 is 11.3 Å². The molecule has 2 nitrogen and oxygen atoms in total. The van der Waals surface area contributed by atoms with Gasteiger partial charge in [-0.05, 0) is 80.2 Å². The van der Waals surface area contributed by atoms with Crippen LogP contribution < -0.4 is 0 Å². The highest BCUT2D eigenvalue weighted by molar-refractivity contribution is 7.25. The minimum atomic E-state index is 0.903. The third kappa shape index (κ3) is 3.94. The molecule has 0 saturated heterocycles. The third-order valence-electron chi connectivity index (χ3n) is 10.2. The second-order valence-electron chi connectivity index (χ2n) is 12.8. The van der Waals surface area contributed by atoms with Crippen LogP contribution in [0.3, 0.4) is 0 Å². The predicted molar refractivity (Wildman–Crippen MR) is 208 cm³/mol. The number of benzene rings is 8. The minimum absolute atomic E-state index is 0.903. The zero-order chi connectivity index (χ0) is 32.1. The van der Waals surface area contributed by atoms with Gasteiger partial charge in [0.1, 0.15) is 16.7 Å². The van der Waals surface area contributed by atoms with Crippen molar-refractivity contribution in [3.05, 3.63) is 158 Å². The zero-order valence-corrected chi connectivity index (χ0v) is 27.1. The van der Waals surface area contributed by atoms with Gasteiger partial charge >= 0.3 is 0 Å². The fourth-order valence-corrected chi connectivity index (χ4v) is 9.03. The van der Waals surface area contributed by atoms with Gasteiger partial charge in [-0.3, -0.25) is 0 Å². The summed E-state index contributed by atoms with van der Waals surface area (Å²) in [6, 6.07) is 54.6. The van der Waals surface area contributed by atoms with Crippen molar-refractivity contribution in [1.29, 1.82) is 0 Å². The Morgan fingerprint density at radius 1 is 0.347 bits per heavy atom. The molecule has 0 aliphatic rings. The second-order valence-corrected chi connectivity index (χ2v) is 13.9. The molecule has 0 spiro atoms. The molecule has 0 unspecified atom stereocenters. The number of hydrogen-bond donors (Lipinski definition) is 0. The van der Waals surface area contributed by atoms with E-state index in [0.717, 1.165) is 38.5 Å². The zero-order valence-electron chi connectivity index (χ0n) is 26.2. The molecule has 49 heavy (non-hydrogen) atoms. The second kappa shape index (κ2) is 10.2. The Bertz CT molecular complexity index is 3040. The van der Waals surface area contributed by atoms with E-state index in [4.69, 9.17) is 8.83 Å². The summed E-state index contributed by atoms with van der Waals surface area (Å²) in [7, 11) is 0. The van der Waals surface area contributed by atoms with E-state index < -0.39 is 0 Å². The highest BCUT2D eigenvalue weighted by atomic mass is 32.1. The fraction of sp³-hybridized carbons (Fsp3) is 0. The molecule has 8 aromatic carbocycles. The number of hydrogen-bond acceptors (Lipinski definition) is 3. The highest BCUT2D eigenvalue weighted by Crippen LogP contribution is 2.46. The summed E-state index contributed by atoms with van der Waals surface area (Å²) in [5.41, 5.74) is 9.89. The molecule has 228 valence electrons. The lowest BCUT2D eigenvalue weighted by Gasteiger charge is -2.17. The molecule has 0 aliphatic carbocycles. The van der Waals surface area contributed by atoms with Crippen LogP contribution in [0.4, 0.5) is 0 Å². The molecule has 3 aromatic heterocycles. The summed E-state index contributed by atoms with van der Waals surface area (Å²) in [4.78, 5) is 0.